The molecule has 0 aromatic heterocycles. The Morgan fingerprint density at radius 3 is 2.53 bits per heavy atom. The van der Waals surface area contributed by atoms with Gasteiger partial charge in [0.05, 0.1) is 10.9 Å². The van der Waals surface area contributed by atoms with Crippen molar-refractivity contribution in [2.45, 2.75) is 43.9 Å². The fourth-order valence-electron chi connectivity index (χ4n) is 1.24. The number of rotatable bonds is 6. The summed E-state index contributed by atoms with van der Waals surface area (Å²) in [6.07, 6.45) is -0.213. The first-order chi connectivity index (χ1) is 6.88. The number of ether oxygens (including phenoxy) is 1. The number of epoxide rings is 1. The molecule has 6 nitrogen and oxygen atoms in total. The molecule has 1 aliphatic heterocycles. The summed E-state index contributed by atoms with van der Waals surface area (Å²) in [4.78, 5) is 21.2. The van der Waals surface area contributed by atoms with E-state index in [2.05, 4.69) is 9.90 Å². The molecule has 1 rings (SSSR count). The molecule has 1 saturated heterocycles. The highest BCUT2D eigenvalue weighted by molar-refractivity contribution is 7.99. The number of nitrogens with zero attached hydrogens (tertiary/aromatic N) is 1. The minimum Gasteiger partial charge on any atom is -0.480 e. The molecule has 2 N–H and O–H groups in total. The maximum Gasteiger partial charge on any atom is 0.322 e. The fraction of sp³-hybridized carbons (Fsp3) is 0.875. The first-order valence-corrected chi connectivity index (χ1v) is 5.31. The lowest BCUT2D eigenvalue weighted by molar-refractivity contribution is -0.140. The summed E-state index contributed by atoms with van der Waals surface area (Å²) in [5.74, 6) is -1.01. The molecule has 1 aliphatic rings. The van der Waals surface area contributed by atoms with Gasteiger partial charge in [-0.3, -0.25) is 10.1 Å². The third-order valence-electron chi connectivity index (χ3n) is 2.26. The van der Waals surface area contributed by atoms with Crippen molar-refractivity contribution in [2.75, 3.05) is 0 Å². The Bertz CT molecular complexity index is 271. The summed E-state index contributed by atoms with van der Waals surface area (Å²) in [5, 5.41) is 11.8. The topological polar surface area (TPSA) is 91.3 Å². The zero-order valence-electron chi connectivity index (χ0n) is 8.76. The molecule has 0 aromatic carbocycles. The number of carboxylic acids is 1. The fourth-order valence-corrected chi connectivity index (χ4v) is 1.71. The molecule has 1 heterocycles. The zero-order valence-corrected chi connectivity index (χ0v) is 9.58. The van der Waals surface area contributed by atoms with Gasteiger partial charge in [-0.2, -0.15) is 0 Å². The molecule has 15 heavy (non-hydrogen) atoms. The zero-order chi connectivity index (χ0) is 11.6. The van der Waals surface area contributed by atoms with Crippen LogP contribution >= 0.6 is 11.9 Å². The summed E-state index contributed by atoms with van der Waals surface area (Å²) in [6, 6.07) is -0.866. The van der Waals surface area contributed by atoms with Crippen LogP contribution in [0.5, 0.6) is 0 Å². The third-order valence-corrected chi connectivity index (χ3v) is 3.04. The van der Waals surface area contributed by atoms with Gasteiger partial charge < -0.3 is 9.84 Å². The lowest BCUT2D eigenvalue weighted by Gasteiger charge is -2.27. The number of hydrogen-bond acceptors (Lipinski definition) is 6. The smallest absolute Gasteiger partial charge is 0.322 e. The summed E-state index contributed by atoms with van der Waals surface area (Å²) in [5.41, 5.74) is 0. The Labute approximate surface area is 91.9 Å². The van der Waals surface area contributed by atoms with E-state index in [0.29, 0.717) is 11.9 Å². The van der Waals surface area contributed by atoms with E-state index in [9.17, 15) is 9.70 Å². The second kappa shape index (κ2) is 4.46. The van der Waals surface area contributed by atoms with Crippen LogP contribution in [-0.2, 0) is 9.53 Å². The number of nitroso groups, excluding NO2 is 1. The molecule has 0 saturated carbocycles. The average Bonchev–Trinajstić information content (AvgIpc) is 2.76. The van der Waals surface area contributed by atoms with E-state index < -0.39 is 16.8 Å². The highest BCUT2D eigenvalue weighted by Gasteiger charge is 2.44. The largest absolute Gasteiger partial charge is 0.480 e. The molecule has 3 atom stereocenters. The molecule has 0 bridgehead atoms. The predicted molar refractivity (Wildman–Crippen MR) is 56.4 cm³/mol. The number of carbonyl (C=O) groups is 1. The second-order valence-electron chi connectivity index (χ2n) is 3.97. The summed E-state index contributed by atoms with van der Waals surface area (Å²) >= 11 is 0.712. The Morgan fingerprint density at radius 2 is 2.20 bits per heavy atom. The summed E-state index contributed by atoms with van der Waals surface area (Å²) in [7, 11) is 0. The maximum atomic E-state index is 11.0. The van der Waals surface area contributed by atoms with Crippen molar-refractivity contribution in [3.8, 4) is 0 Å². The number of hydrogen-bond donors (Lipinski definition) is 2. The first-order valence-electron chi connectivity index (χ1n) is 4.53. The van der Waals surface area contributed by atoms with Crippen LogP contribution in [0.4, 0.5) is 0 Å². The van der Waals surface area contributed by atoms with Gasteiger partial charge in [0.25, 0.3) is 0 Å². The molecule has 0 aromatic rings. The Hall–Kier alpha value is -0.660. The quantitative estimate of drug-likeness (QED) is 0.404. The van der Waals surface area contributed by atoms with Gasteiger partial charge in [0.1, 0.15) is 12.3 Å². The van der Waals surface area contributed by atoms with Crippen LogP contribution in [0.3, 0.4) is 0 Å². The van der Waals surface area contributed by atoms with E-state index in [4.69, 9.17) is 9.84 Å². The average molecular weight is 234 g/mol. The maximum absolute atomic E-state index is 11.0. The molecule has 0 aliphatic carbocycles. The van der Waals surface area contributed by atoms with Crippen LogP contribution in [0, 0.1) is 4.91 Å². The Morgan fingerprint density at radius 1 is 1.67 bits per heavy atom. The normalized spacial score (nSPS) is 27.1. The van der Waals surface area contributed by atoms with Crippen LogP contribution in [0.25, 0.3) is 0 Å². The minimum absolute atomic E-state index is 0.0249. The van der Waals surface area contributed by atoms with E-state index >= 15 is 0 Å². The molecule has 86 valence electrons. The van der Waals surface area contributed by atoms with E-state index in [1.165, 1.54) is 0 Å². The molecular formula is C8H14N2O4S. The van der Waals surface area contributed by atoms with Crippen LogP contribution in [0.1, 0.15) is 20.8 Å². The Balaban J connectivity index is 2.63. The SMILES string of the molecule is CC1OC1N[C@@H](C(=O)O)C(C)(C)SN=O. The van der Waals surface area contributed by atoms with E-state index in [1.54, 1.807) is 13.8 Å². The van der Waals surface area contributed by atoms with Crippen molar-refractivity contribution in [1.29, 1.82) is 0 Å². The Kier molecular flexibility index (Phi) is 3.69. The van der Waals surface area contributed by atoms with Crippen LogP contribution < -0.4 is 5.32 Å². The van der Waals surface area contributed by atoms with Gasteiger partial charge >= 0.3 is 5.97 Å². The van der Waals surface area contributed by atoms with Crippen molar-refractivity contribution in [3.05, 3.63) is 4.91 Å². The van der Waals surface area contributed by atoms with Crippen molar-refractivity contribution in [1.82, 2.24) is 5.32 Å². The van der Waals surface area contributed by atoms with Gasteiger partial charge in [0, 0.05) is 16.5 Å². The first kappa shape index (κ1) is 12.4. The van der Waals surface area contributed by atoms with Gasteiger partial charge in [-0.15, -0.1) is 4.91 Å². The highest BCUT2D eigenvalue weighted by Crippen LogP contribution is 2.31. The van der Waals surface area contributed by atoms with Crippen LogP contribution in [0.15, 0.2) is 4.58 Å². The number of carboxylic acid groups (broad SMARTS) is 1. The van der Waals surface area contributed by atoms with Gasteiger partial charge in [0.2, 0.25) is 0 Å². The lowest BCUT2D eigenvalue weighted by atomic mass is 10.0. The minimum atomic E-state index is -1.01. The van der Waals surface area contributed by atoms with Gasteiger partial charge in [-0.1, -0.05) is 0 Å². The highest BCUT2D eigenvalue weighted by atomic mass is 32.2. The molecule has 0 radical (unpaired) electrons. The van der Waals surface area contributed by atoms with Gasteiger partial charge in [-0.05, 0) is 20.8 Å². The van der Waals surface area contributed by atoms with Crippen molar-refractivity contribution in [2.24, 2.45) is 4.58 Å². The van der Waals surface area contributed by atoms with E-state index in [-0.39, 0.29) is 12.3 Å². The van der Waals surface area contributed by atoms with E-state index in [0.717, 1.165) is 0 Å². The second-order valence-corrected chi connectivity index (χ2v) is 5.35. The van der Waals surface area contributed by atoms with Crippen LogP contribution in [0.2, 0.25) is 0 Å². The van der Waals surface area contributed by atoms with Crippen LogP contribution in [-0.4, -0.2) is 34.2 Å². The number of nitrogens with one attached hydrogen (secondary N) is 1. The summed E-state index contributed by atoms with van der Waals surface area (Å²) in [6.45, 7) is 5.14. The lowest BCUT2D eigenvalue weighted by Crippen LogP contribution is -2.51. The molecule has 0 spiro atoms. The summed E-state index contributed by atoms with van der Waals surface area (Å²) < 4.78 is 6.95. The van der Waals surface area contributed by atoms with Gasteiger partial charge in [0.15, 0.2) is 0 Å². The molecule has 2 unspecified atom stereocenters. The van der Waals surface area contributed by atoms with Crippen molar-refractivity contribution >= 4 is 17.9 Å². The predicted octanol–water partition coefficient (Wildman–Crippen LogP) is 0.967. The van der Waals surface area contributed by atoms with Crippen molar-refractivity contribution < 1.29 is 14.6 Å². The van der Waals surface area contributed by atoms with E-state index in [1.807, 2.05) is 6.92 Å². The molecule has 0 amide bonds. The molecule has 7 heteroatoms. The molecular weight excluding hydrogens is 220 g/mol. The van der Waals surface area contributed by atoms with Gasteiger partial charge in [-0.25, -0.2) is 0 Å². The standard InChI is InChI=1S/C8H14N2O4S/c1-4-6(14-4)9-5(7(11)12)8(2,3)15-10-13/h4-6,9H,1-3H3,(H,11,12)/t4?,5-,6?/m0/s1. The monoisotopic (exact) mass is 234 g/mol. The molecule has 1 fully saturated rings. The number of aliphatic carboxylic acids is 1. The third kappa shape index (κ3) is 3.15. The van der Waals surface area contributed by atoms with Crippen molar-refractivity contribution in [3.63, 3.8) is 0 Å².